The molecule has 2 aromatic rings. The summed E-state index contributed by atoms with van der Waals surface area (Å²) in [6.07, 6.45) is 10.3. The van der Waals surface area contributed by atoms with Gasteiger partial charge in [-0.1, -0.05) is 39.0 Å². The summed E-state index contributed by atoms with van der Waals surface area (Å²) in [5, 5.41) is 12.0. The van der Waals surface area contributed by atoms with Crippen molar-refractivity contribution >= 4 is 23.0 Å². The number of hydrogen-bond donors (Lipinski definition) is 3. The third-order valence-corrected chi connectivity index (χ3v) is 4.21. The number of carbonyl (C=O) groups is 1. The van der Waals surface area contributed by atoms with Crippen LogP contribution < -0.4 is 10.8 Å². The summed E-state index contributed by atoms with van der Waals surface area (Å²) in [6.45, 7) is 8.17. The van der Waals surface area contributed by atoms with Gasteiger partial charge in [0, 0.05) is 31.6 Å². The van der Waals surface area contributed by atoms with E-state index in [1.807, 2.05) is 18.2 Å². The first-order valence-electron chi connectivity index (χ1n) is 9.54. The molecule has 0 radical (unpaired) electrons. The monoisotopic (exact) mass is 370 g/mol. The molecular formula is C21H30N4O2. The van der Waals surface area contributed by atoms with Gasteiger partial charge in [-0.25, -0.2) is 10.5 Å². The van der Waals surface area contributed by atoms with E-state index < -0.39 is 5.91 Å². The van der Waals surface area contributed by atoms with E-state index in [0.717, 1.165) is 54.8 Å². The van der Waals surface area contributed by atoms with Crippen molar-refractivity contribution in [2.24, 2.45) is 0 Å². The number of hydroxylamine groups is 1. The standard InChI is InChI=1S/C21H30N4O2/c1-4-5-6-7-8-20-23-18-15-17(10-12-21(26)24-27)9-11-19(18)25(20)14-13-22-16(2)3/h5-6,9-12,15-16,22,27H,4,7-8,13-14H2,1-3H3,(H,24,26)/b6-5+,12-10+. The van der Waals surface area contributed by atoms with Crippen LogP contribution >= 0.6 is 0 Å². The molecule has 1 aromatic carbocycles. The molecule has 0 unspecified atom stereocenters. The largest absolute Gasteiger partial charge is 0.327 e. The third kappa shape index (κ3) is 6.34. The molecule has 6 heteroatoms. The average molecular weight is 370 g/mol. The van der Waals surface area contributed by atoms with Crippen molar-refractivity contribution < 1.29 is 10.0 Å². The number of aryl methyl sites for hydroxylation is 1. The van der Waals surface area contributed by atoms with E-state index in [4.69, 9.17) is 10.2 Å². The Morgan fingerprint density at radius 3 is 2.85 bits per heavy atom. The Kier molecular flexibility index (Phi) is 8.23. The highest BCUT2D eigenvalue weighted by Gasteiger charge is 2.10. The maximum Gasteiger partial charge on any atom is 0.267 e. The molecule has 0 aliphatic carbocycles. The van der Waals surface area contributed by atoms with Gasteiger partial charge in [0.25, 0.3) is 5.91 Å². The molecule has 0 saturated carbocycles. The highest BCUT2D eigenvalue weighted by molar-refractivity contribution is 5.91. The molecule has 27 heavy (non-hydrogen) atoms. The van der Waals surface area contributed by atoms with Crippen molar-refractivity contribution in [1.82, 2.24) is 20.3 Å². The van der Waals surface area contributed by atoms with Gasteiger partial charge in [-0.3, -0.25) is 10.0 Å². The molecule has 146 valence electrons. The van der Waals surface area contributed by atoms with E-state index in [2.05, 4.69) is 42.8 Å². The van der Waals surface area contributed by atoms with Gasteiger partial charge < -0.3 is 9.88 Å². The smallest absolute Gasteiger partial charge is 0.267 e. The molecule has 0 spiro atoms. The summed E-state index contributed by atoms with van der Waals surface area (Å²) in [7, 11) is 0. The lowest BCUT2D eigenvalue weighted by Gasteiger charge is -2.12. The minimum atomic E-state index is -0.552. The number of nitrogens with zero attached hydrogens (tertiary/aromatic N) is 2. The summed E-state index contributed by atoms with van der Waals surface area (Å²) in [4.78, 5) is 16.0. The molecule has 0 aliphatic heterocycles. The number of nitrogens with one attached hydrogen (secondary N) is 2. The van der Waals surface area contributed by atoms with E-state index in [-0.39, 0.29) is 0 Å². The Hall–Kier alpha value is -2.44. The van der Waals surface area contributed by atoms with Gasteiger partial charge in [0.1, 0.15) is 5.82 Å². The number of imidazole rings is 1. The minimum absolute atomic E-state index is 0.449. The number of allylic oxidation sites excluding steroid dienone is 2. The number of carbonyl (C=O) groups excluding carboxylic acids is 1. The number of benzene rings is 1. The molecule has 0 atom stereocenters. The Morgan fingerprint density at radius 1 is 1.33 bits per heavy atom. The van der Waals surface area contributed by atoms with Gasteiger partial charge in [0.05, 0.1) is 11.0 Å². The maximum absolute atomic E-state index is 11.2. The van der Waals surface area contributed by atoms with Crippen LogP contribution in [0.2, 0.25) is 0 Å². The van der Waals surface area contributed by atoms with Crippen molar-refractivity contribution in [3.05, 3.63) is 47.8 Å². The van der Waals surface area contributed by atoms with E-state index in [0.29, 0.717) is 6.04 Å². The van der Waals surface area contributed by atoms with E-state index in [1.165, 1.54) is 6.08 Å². The molecular weight excluding hydrogens is 340 g/mol. The second-order valence-corrected chi connectivity index (χ2v) is 6.76. The van der Waals surface area contributed by atoms with E-state index in [1.54, 1.807) is 11.6 Å². The van der Waals surface area contributed by atoms with Gasteiger partial charge in [0.15, 0.2) is 0 Å². The lowest BCUT2D eigenvalue weighted by atomic mass is 10.2. The SMILES string of the molecule is CC/C=C/CCc1nc2cc(/C=C/C(=O)NO)ccc2n1CCNC(C)C. The molecule has 0 fully saturated rings. The molecule has 3 N–H and O–H groups in total. The summed E-state index contributed by atoms with van der Waals surface area (Å²) in [5.41, 5.74) is 4.47. The van der Waals surface area contributed by atoms with Crippen LogP contribution in [0.4, 0.5) is 0 Å². The van der Waals surface area contributed by atoms with E-state index in [9.17, 15) is 4.79 Å². The molecule has 6 nitrogen and oxygen atoms in total. The second-order valence-electron chi connectivity index (χ2n) is 6.76. The van der Waals surface area contributed by atoms with Crippen molar-refractivity contribution in [3.63, 3.8) is 0 Å². The molecule has 1 aromatic heterocycles. The predicted molar refractivity (Wildman–Crippen MR) is 110 cm³/mol. The quantitative estimate of drug-likeness (QED) is 0.259. The molecule has 0 saturated heterocycles. The van der Waals surface area contributed by atoms with Gasteiger partial charge in [-0.05, 0) is 36.6 Å². The van der Waals surface area contributed by atoms with Crippen LogP contribution in [-0.2, 0) is 17.8 Å². The zero-order chi connectivity index (χ0) is 19.6. The first-order valence-corrected chi connectivity index (χ1v) is 9.54. The van der Waals surface area contributed by atoms with Crippen LogP contribution in [0.5, 0.6) is 0 Å². The number of rotatable bonds is 10. The summed E-state index contributed by atoms with van der Waals surface area (Å²) >= 11 is 0. The van der Waals surface area contributed by atoms with E-state index >= 15 is 0 Å². The highest BCUT2D eigenvalue weighted by atomic mass is 16.5. The van der Waals surface area contributed by atoms with Gasteiger partial charge in [-0.2, -0.15) is 0 Å². The normalized spacial score (nSPS) is 12.0. The van der Waals surface area contributed by atoms with Crippen LogP contribution in [0, 0.1) is 0 Å². The van der Waals surface area contributed by atoms with Gasteiger partial charge in [0.2, 0.25) is 0 Å². The first-order chi connectivity index (χ1) is 13.0. The van der Waals surface area contributed by atoms with Crippen LogP contribution in [0.15, 0.2) is 36.4 Å². The topological polar surface area (TPSA) is 79.2 Å². The fourth-order valence-corrected chi connectivity index (χ4v) is 2.91. The molecule has 1 heterocycles. The predicted octanol–water partition coefficient (Wildman–Crippen LogP) is 3.45. The van der Waals surface area contributed by atoms with Gasteiger partial charge in [-0.15, -0.1) is 0 Å². The fraction of sp³-hybridized carbons (Fsp3) is 0.429. The van der Waals surface area contributed by atoms with Crippen LogP contribution in [0.1, 0.15) is 45.0 Å². The Bertz CT molecular complexity index is 806. The third-order valence-electron chi connectivity index (χ3n) is 4.21. The second kappa shape index (κ2) is 10.6. The summed E-state index contributed by atoms with van der Waals surface area (Å²) in [5.74, 6) is 0.523. The Morgan fingerprint density at radius 2 is 2.15 bits per heavy atom. The van der Waals surface area contributed by atoms with Crippen LogP contribution in [-0.4, -0.2) is 33.3 Å². The average Bonchev–Trinajstić information content (AvgIpc) is 2.99. The fourth-order valence-electron chi connectivity index (χ4n) is 2.91. The molecule has 0 aliphatic rings. The van der Waals surface area contributed by atoms with Crippen LogP contribution in [0.3, 0.4) is 0 Å². The summed E-state index contributed by atoms with van der Waals surface area (Å²) < 4.78 is 2.28. The maximum atomic E-state index is 11.2. The van der Waals surface area contributed by atoms with Crippen molar-refractivity contribution in [2.45, 2.75) is 52.6 Å². The molecule has 1 amide bonds. The number of hydrogen-bond acceptors (Lipinski definition) is 4. The number of amides is 1. The van der Waals surface area contributed by atoms with Crippen molar-refractivity contribution in [1.29, 1.82) is 0 Å². The number of aromatic nitrogens is 2. The van der Waals surface area contributed by atoms with Gasteiger partial charge >= 0.3 is 0 Å². The zero-order valence-electron chi connectivity index (χ0n) is 16.4. The van der Waals surface area contributed by atoms with Crippen LogP contribution in [0.25, 0.3) is 17.1 Å². The Labute approximate surface area is 160 Å². The first kappa shape index (κ1) is 20.9. The molecule has 0 bridgehead atoms. The molecule has 2 rings (SSSR count). The number of fused-ring (bicyclic) bond motifs is 1. The summed E-state index contributed by atoms with van der Waals surface area (Å²) in [6, 6.07) is 6.41. The van der Waals surface area contributed by atoms with Crippen molar-refractivity contribution in [2.75, 3.05) is 6.54 Å². The Balaban J connectivity index is 2.27. The van der Waals surface area contributed by atoms with Crippen molar-refractivity contribution in [3.8, 4) is 0 Å². The lowest BCUT2D eigenvalue weighted by Crippen LogP contribution is -2.27. The lowest BCUT2D eigenvalue weighted by molar-refractivity contribution is -0.124. The minimum Gasteiger partial charge on any atom is -0.327 e. The zero-order valence-corrected chi connectivity index (χ0v) is 16.4. The highest BCUT2D eigenvalue weighted by Crippen LogP contribution is 2.20.